The topological polar surface area (TPSA) is 150 Å². The summed E-state index contributed by atoms with van der Waals surface area (Å²) >= 11 is 12.4. The third kappa shape index (κ3) is 4.68. The second-order valence-electron chi connectivity index (χ2n) is 6.57. The van der Waals surface area contributed by atoms with E-state index in [0.717, 1.165) is 29.0 Å². The lowest BCUT2D eigenvalue weighted by atomic mass is 10.2. The van der Waals surface area contributed by atoms with Crippen LogP contribution >= 0.6 is 23.2 Å². The highest BCUT2D eigenvalue weighted by atomic mass is 35.5. The summed E-state index contributed by atoms with van der Waals surface area (Å²) in [6, 6.07) is 9.23. The zero-order chi connectivity index (χ0) is 23.6. The number of nitrogens with zero attached hydrogens (tertiary/aromatic N) is 6. The summed E-state index contributed by atoms with van der Waals surface area (Å²) < 4.78 is 33.2. The lowest BCUT2D eigenvalue weighted by molar-refractivity contribution is 0.483. The number of nitrogens with two attached hydrogens (primary N) is 1. The fourth-order valence-corrected chi connectivity index (χ4v) is 4.04. The van der Waals surface area contributed by atoms with Gasteiger partial charge in [0.25, 0.3) is 10.1 Å². The minimum Gasteiger partial charge on any atom is -0.397 e. The molecule has 0 fully saturated rings. The molecule has 0 atom stereocenters. The summed E-state index contributed by atoms with van der Waals surface area (Å²) in [5, 5.41) is 21.5. The van der Waals surface area contributed by atoms with Crippen molar-refractivity contribution >= 4 is 56.2 Å². The van der Waals surface area contributed by atoms with Gasteiger partial charge in [-0.1, -0.05) is 23.2 Å². The predicted octanol–water partition coefficient (Wildman–Crippen LogP) is 4.75. The molecule has 0 radical (unpaired) electrons. The smallest absolute Gasteiger partial charge is 0.294 e. The predicted molar refractivity (Wildman–Crippen MR) is 122 cm³/mol. The van der Waals surface area contributed by atoms with Gasteiger partial charge >= 0.3 is 0 Å². The maximum absolute atomic E-state index is 11.4. The second-order valence-corrected chi connectivity index (χ2v) is 8.81. The van der Waals surface area contributed by atoms with E-state index < -0.39 is 15.0 Å². The van der Waals surface area contributed by atoms with Gasteiger partial charge in [-0.3, -0.25) is 4.55 Å². The number of anilines is 2. The first-order valence-corrected chi connectivity index (χ1v) is 11.2. The summed E-state index contributed by atoms with van der Waals surface area (Å²) in [4.78, 5) is 1.51. The first-order valence-electron chi connectivity index (χ1n) is 9.04. The molecule has 0 saturated carbocycles. The van der Waals surface area contributed by atoms with Gasteiger partial charge in [0.15, 0.2) is 5.82 Å². The molecule has 166 valence electrons. The Hall–Kier alpha value is -3.17. The van der Waals surface area contributed by atoms with E-state index in [-0.39, 0.29) is 27.1 Å². The van der Waals surface area contributed by atoms with Crippen LogP contribution in [-0.4, -0.2) is 36.3 Å². The molecule has 0 aliphatic heterocycles. The molecule has 0 unspecified atom stereocenters. The maximum atomic E-state index is 11.4. The third-order valence-electron chi connectivity index (χ3n) is 4.54. The van der Waals surface area contributed by atoms with Gasteiger partial charge in [-0.05, 0) is 37.3 Å². The van der Waals surface area contributed by atoms with Gasteiger partial charge in [0.05, 0.1) is 26.8 Å². The molecule has 0 aliphatic rings. The molecule has 1 heterocycles. The van der Waals surface area contributed by atoms with E-state index in [1.54, 1.807) is 12.1 Å². The van der Waals surface area contributed by atoms with Gasteiger partial charge in [-0.15, -0.1) is 10.2 Å². The molecule has 0 saturated heterocycles. The Morgan fingerprint density at radius 3 is 2.44 bits per heavy atom. The summed E-state index contributed by atoms with van der Waals surface area (Å²) in [5.41, 5.74) is 7.87. The molecule has 32 heavy (non-hydrogen) atoms. The normalized spacial score (nSPS) is 11.6. The molecule has 0 bridgehead atoms. The molecular formula is C19H17Cl2N7O3S. The Kier molecular flexibility index (Phi) is 6.71. The first kappa shape index (κ1) is 23.5. The molecule has 10 nitrogen and oxygen atoms in total. The number of halogens is 2. The largest absolute Gasteiger partial charge is 0.397 e. The number of aromatic nitrogens is 2. The Labute approximate surface area is 194 Å². The number of rotatable bonds is 6. The molecule has 0 aliphatic carbocycles. The number of nitriles is 1. The van der Waals surface area contributed by atoms with Crippen LogP contribution in [0.5, 0.6) is 0 Å². The number of hydrogen-bond acceptors (Lipinski definition) is 8. The lowest BCUT2D eigenvalue weighted by Gasteiger charge is -2.17. The van der Waals surface area contributed by atoms with Crippen LogP contribution in [-0.2, 0) is 10.1 Å². The lowest BCUT2D eigenvalue weighted by Crippen LogP contribution is -2.15. The second kappa shape index (κ2) is 9.13. The number of nitrogen functional groups attached to an aromatic ring is 1. The Bertz CT molecular complexity index is 1340. The van der Waals surface area contributed by atoms with E-state index in [2.05, 4.69) is 15.3 Å². The average Bonchev–Trinajstić information content (AvgIpc) is 3.13. The molecule has 0 amide bonds. The van der Waals surface area contributed by atoms with Crippen molar-refractivity contribution in [1.29, 1.82) is 5.26 Å². The highest BCUT2D eigenvalue weighted by molar-refractivity contribution is 7.85. The van der Waals surface area contributed by atoms with Crippen molar-refractivity contribution < 1.29 is 13.0 Å². The minimum atomic E-state index is -4.53. The van der Waals surface area contributed by atoms with Crippen molar-refractivity contribution in [2.75, 3.05) is 24.2 Å². The fraction of sp³-hybridized carbons (Fsp3) is 0.158. The molecule has 1 aromatic heterocycles. The van der Waals surface area contributed by atoms with Gasteiger partial charge in [0, 0.05) is 19.3 Å². The minimum absolute atomic E-state index is 0.00468. The van der Waals surface area contributed by atoms with Crippen molar-refractivity contribution in [3.05, 3.63) is 52.1 Å². The Balaban J connectivity index is 2.08. The van der Waals surface area contributed by atoms with Crippen LogP contribution in [0.25, 0.3) is 5.69 Å². The van der Waals surface area contributed by atoms with E-state index in [0.29, 0.717) is 11.4 Å². The Morgan fingerprint density at radius 2 is 1.91 bits per heavy atom. The van der Waals surface area contributed by atoms with Crippen molar-refractivity contribution in [3.63, 3.8) is 0 Å². The van der Waals surface area contributed by atoms with Crippen LogP contribution in [0.4, 0.5) is 22.9 Å². The van der Waals surface area contributed by atoms with Crippen LogP contribution in [0.1, 0.15) is 12.5 Å². The maximum Gasteiger partial charge on any atom is 0.294 e. The SMILES string of the molecule is CCN(C)c1ccc(N=Nc2c(C#N)cnn2-c2c(Cl)cc(S(=O)(=O)O)cc2Cl)c(N)c1. The molecular weight excluding hydrogens is 477 g/mol. The van der Waals surface area contributed by atoms with Gasteiger partial charge in [0.2, 0.25) is 0 Å². The zero-order valence-electron chi connectivity index (χ0n) is 16.9. The van der Waals surface area contributed by atoms with Gasteiger partial charge in [-0.2, -0.15) is 18.8 Å². The van der Waals surface area contributed by atoms with E-state index >= 15 is 0 Å². The van der Waals surface area contributed by atoms with Crippen LogP contribution in [0, 0.1) is 11.3 Å². The van der Waals surface area contributed by atoms with E-state index in [4.69, 9.17) is 28.9 Å². The first-order chi connectivity index (χ1) is 15.1. The zero-order valence-corrected chi connectivity index (χ0v) is 19.2. The van der Waals surface area contributed by atoms with Crippen LogP contribution in [0.3, 0.4) is 0 Å². The molecule has 0 spiro atoms. The standard InChI is InChI=1S/C19H17Cl2N7O3S/c1-3-27(2)12-4-5-17(16(23)6-12)25-26-19-11(9-22)10-24-28(19)18-14(20)7-13(8-15(18)21)32(29,30)31/h4-8,10H,3,23H2,1-2H3,(H,29,30,31). The highest BCUT2D eigenvalue weighted by Crippen LogP contribution is 2.36. The fourth-order valence-electron chi connectivity index (χ4n) is 2.73. The van der Waals surface area contributed by atoms with Gasteiger partial charge in [0.1, 0.15) is 23.0 Å². The molecule has 13 heteroatoms. The van der Waals surface area contributed by atoms with E-state index in [9.17, 15) is 18.2 Å². The third-order valence-corrected chi connectivity index (χ3v) is 5.95. The number of benzene rings is 2. The average molecular weight is 494 g/mol. The molecule has 2 aromatic carbocycles. The molecule has 3 rings (SSSR count). The highest BCUT2D eigenvalue weighted by Gasteiger charge is 2.21. The summed E-state index contributed by atoms with van der Waals surface area (Å²) in [5.74, 6) is 0.00468. The summed E-state index contributed by atoms with van der Waals surface area (Å²) in [6.45, 7) is 2.80. The van der Waals surface area contributed by atoms with E-state index in [1.165, 1.54) is 6.20 Å². The summed E-state index contributed by atoms with van der Waals surface area (Å²) in [7, 11) is -2.60. The summed E-state index contributed by atoms with van der Waals surface area (Å²) in [6.07, 6.45) is 1.24. The Morgan fingerprint density at radius 1 is 1.25 bits per heavy atom. The van der Waals surface area contributed by atoms with Crippen LogP contribution < -0.4 is 10.6 Å². The number of hydrogen-bond donors (Lipinski definition) is 2. The van der Waals surface area contributed by atoms with Crippen molar-refractivity contribution in [2.45, 2.75) is 11.8 Å². The van der Waals surface area contributed by atoms with E-state index in [1.807, 2.05) is 31.0 Å². The van der Waals surface area contributed by atoms with Crippen molar-refractivity contribution in [1.82, 2.24) is 9.78 Å². The van der Waals surface area contributed by atoms with Crippen molar-refractivity contribution in [2.24, 2.45) is 10.2 Å². The number of azo groups is 1. The van der Waals surface area contributed by atoms with Gasteiger partial charge in [-0.25, -0.2) is 4.68 Å². The molecule has 3 aromatic rings. The van der Waals surface area contributed by atoms with Gasteiger partial charge < -0.3 is 10.6 Å². The monoisotopic (exact) mass is 493 g/mol. The van der Waals surface area contributed by atoms with Crippen LogP contribution in [0.15, 0.2) is 51.7 Å². The van der Waals surface area contributed by atoms with Crippen LogP contribution in [0.2, 0.25) is 10.0 Å². The quantitative estimate of drug-likeness (QED) is 0.285. The van der Waals surface area contributed by atoms with Crippen molar-refractivity contribution in [3.8, 4) is 11.8 Å². The molecule has 3 N–H and O–H groups in total.